The van der Waals surface area contributed by atoms with Gasteiger partial charge in [0.2, 0.25) is 0 Å². The molecule has 3 N–H and O–H groups in total. The average Bonchev–Trinajstić information content (AvgIpc) is 2.48. The Kier molecular flexibility index (Phi) is 6.00. The number of hydrogen-bond acceptors (Lipinski definition) is 3. The zero-order valence-corrected chi connectivity index (χ0v) is 13.8. The Morgan fingerprint density at radius 3 is 2.55 bits per heavy atom. The van der Waals surface area contributed by atoms with Gasteiger partial charge in [-0.2, -0.15) is 5.10 Å². The molecule has 0 saturated heterocycles. The van der Waals surface area contributed by atoms with Crippen LogP contribution in [0.2, 0.25) is 10.0 Å². The third kappa shape index (κ3) is 5.18. The van der Waals surface area contributed by atoms with Crippen molar-refractivity contribution in [1.29, 1.82) is 0 Å². The molecule has 0 radical (unpaired) electrons. The molecule has 0 spiro atoms. The quantitative estimate of drug-likeness (QED) is 0.488. The predicted octanol–water partition coefficient (Wildman–Crippen LogP) is 3.74. The topological polar surface area (TPSA) is 59.6 Å². The molecular weight excluding hydrogens is 341 g/mol. The highest BCUT2D eigenvalue weighted by Gasteiger charge is 2.04. The molecule has 22 heavy (non-hydrogen) atoms. The van der Waals surface area contributed by atoms with E-state index in [0.717, 1.165) is 5.56 Å². The van der Waals surface area contributed by atoms with E-state index in [2.05, 4.69) is 22.7 Å². The second-order valence-corrected chi connectivity index (χ2v) is 5.64. The number of ether oxygens (including phenoxy) is 1. The van der Waals surface area contributed by atoms with Gasteiger partial charge in [-0.3, -0.25) is 5.43 Å². The van der Waals surface area contributed by atoms with Crippen LogP contribution in [0.4, 0.5) is 0 Å². The Bertz CT molecular complexity index is 690. The van der Waals surface area contributed by atoms with Crippen LogP contribution in [0.3, 0.4) is 0 Å². The van der Waals surface area contributed by atoms with Gasteiger partial charge in [-0.05, 0) is 48.1 Å². The van der Waals surface area contributed by atoms with Gasteiger partial charge in [0.05, 0.1) is 6.21 Å². The van der Waals surface area contributed by atoms with Crippen molar-refractivity contribution in [3.63, 3.8) is 0 Å². The fraction of sp³-hybridized carbons (Fsp3) is 0.0667. The molecule has 4 nitrogen and oxygen atoms in total. The lowest BCUT2D eigenvalue weighted by Crippen LogP contribution is -2.24. The van der Waals surface area contributed by atoms with E-state index in [1.54, 1.807) is 24.4 Å². The molecule has 0 atom stereocenters. The van der Waals surface area contributed by atoms with E-state index < -0.39 is 0 Å². The first kappa shape index (κ1) is 16.5. The van der Waals surface area contributed by atoms with Crippen LogP contribution in [0.1, 0.15) is 11.1 Å². The molecule has 0 heterocycles. The van der Waals surface area contributed by atoms with E-state index in [9.17, 15) is 0 Å². The van der Waals surface area contributed by atoms with Crippen LogP contribution in [0.5, 0.6) is 5.75 Å². The van der Waals surface area contributed by atoms with Crippen molar-refractivity contribution in [3.05, 3.63) is 63.6 Å². The zero-order chi connectivity index (χ0) is 15.9. The van der Waals surface area contributed by atoms with Crippen molar-refractivity contribution in [1.82, 2.24) is 5.43 Å². The maximum absolute atomic E-state index is 5.99. The Hall–Kier alpha value is -1.82. The minimum Gasteiger partial charge on any atom is -0.488 e. The summed E-state index contributed by atoms with van der Waals surface area (Å²) >= 11 is 16.5. The van der Waals surface area contributed by atoms with Gasteiger partial charge in [-0.25, -0.2) is 0 Å². The molecule has 0 aliphatic carbocycles. The number of hydrogen-bond donors (Lipinski definition) is 2. The van der Waals surface area contributed by atoms with Crippen LogP contribution < -0.4 is 15.9 Å². The van der Waals surface area contributed by atoms with Gasteiger partial charge < -0.3 is 10.5 Å². The number of nitrogens with two attached hydrogens (primary N) is 1. The molecule has 2 rings (SSSR count). The highest BCUT2D eigenvalue weighted by Crippen LogP contribution is 2.22. The van der Waals surface area contributed by atoms with E-state index in [1.165, 1.54) is 0 Å². The lowest BCUT2D eigenvalue weighted by molar-refractivity contribution is 0.306. The van der Waals surface area contributed by atoms with E-state index in [-0.39, 0.29) is 5.11 Å². The summed E-state index contributed by atoms with van der Waals surface area (Å²) in [5.41, 5.74) is 9.51. The summed E-state index contributed by atoms with van der Waals surface area (Å²) < 4.78 is 5.79. The summed E-state index contributed by atoms with van der Waals surface area (Å²) in [5.74, 6) is 0.646. The van der Waals surface area contributed by atoms with E-state index >= 15 is 0 Å². The SMILES string of the molecule is NC(=S)NN=Cc1cc(Cl)ccc1OCc1ccc(Cl)cc1. The Morgan fingerprint density at radius 1 is 1.18 bits per heavy atom. The number of nitrogens with one attached hydrogen (secondary N) is 1. The third-order valence-corrected chi connectivity index (χ3v) is 3.24. The summed E-state index contributed by atoms with van der Waals surface area (Å²) in [6, 6.07) is 12.7. The molecule has 7 heteroatoms. The summed E-state index contributed by atoms with van der Waals surface area (Å²) in [7, 11) is 0. The molecule has 2 aromatic carbocycles. The van der Waals surface area contributed by atoms with Crippen LogP contribution in [-0.2, 0) is 6.61 Å². The molecule has 0 fully saturated rings. The van der Waals surface area contributed by atoms with Gasteiger partial charge in [-0.1, -0.05) is 35.3 Å². The first-order chi connectivity index (χ1) is 10.5. The standard InChI is InChI=1S/C15H13Cl2N3OS/c16-12-3-1-10(2-4-12)9-21-14-6-5-13(17)7-11(14)8-19-20-15(18)22/h1-8H,9H2,(H3,18,20,22). The monoisotopic (exact) mass is 353 g/mol. The second-order valence-electron chi connectivity index (χ2n) is 4.33. The Labute approximate surface area is 143 Å². The Morgan fingerprint density at radius 2 is 1.86 bits per heavy atom. The molecular formula is C15H13Cl2N3OS. The molecule has 0 aliphatic rings. The van der Waals surface area contributed by atoms with Gasteiger partial charge in [-0.15, -0.1) is 0 Å². The third-order valence-electron chi connectivity index (χ3n) is 2.66. The first-order valence-corrected chi connectivity index (χ1v) is 7.46. The molecule has 114 valence electrons. The molecule has 0 aromatic heterocycles. The van der Waals surface area contributed by atoms with Crippen molar-refractivity contribution in [2.45, 2.75) is 6.61 Å². The molecule has 0 amide bonds. The van der Waals surface area contributed by atoms with Crippen molar-refractivity contribution in [3.8, 4) is 5.75 Å². The fourth-order valence-electron chi connectivity index (χ4n) is 1.66. The van der Waals surface area contributed by atoms with Crippen LogP contribution in [0, 0.1) is 0 Å². The number of benzene rings is 2. The molecule has 0 saturated carbocycles. The van der Waals surface area contributed by atoms with Gasteiger partial charge in [0, 0.05) is 15.6 Å². The predicted molar refractivity (Wildman–Crippen MR) is 94.8 cm³/mol. The average molecular weight is 354 g/mol. The van der Waals surface area contributed by atoms with Crippen LogP contribution in [-0.4, -0.2) is 11.3 Å². The van der Waals surface area contributed by atoms with Crippen molar-refractivity contribution in [2.24, 2.45) is 10.8 Å². The van der Waals surface area contributed by atoms with Gasteiger partial charge in [0.1, 0.15) is 12.4 Å². The minimum absolute atomic E-state index is 0.0851. The number of thiocarbonyl (C=S) groups is 1. The number of nitrogens with zero attached hydrogens (tertiary/aromatic N) is 1. The summed E-state index contributed by atoms with van der Waals surface area (Å²) in [6.07, 6.45) is 1.54. The smallest absolute Gasteiger partial charge is 0.184 e. The minimum atomic E-state index is 0.0851. The van der Waals surface area contributed by atoms with Gasteiger partial charge >= 0.3 is 0 Å². The zero-order valence-electron chi connectivity index (χ0n) is 11.4. The Balaban J connectivity index is 2.10. The fourth-order valence-corrected chi connectivity index (χ4v) is 2.02. The molecule has 2 aromatic rings. The van der Waals surface area contributed by atoms with Crippen LogP contribution in [0.25, 0.3) is 0 Å². The largest absolute Gasteiger partial charge is 0.488 e. The van der Waals surface area contributed by atoms with Crippen molar-refractivity contribution in [2.75, 3.05) is 0 Å². The number of halogens is 2. The summed E-state index contributed by atoms with van der Waals surface area (Å²) in [5, 5.41) is 5.26. The summed E-state index contributed by atoms with van der Waals surface area (Å²) in [6.45, 7) is 0.405. The highest BCUT2D eigenvalue weighted by atomic mass is 35.5. The van der Waals surface area contributed by atoms with Crippen LogP contribution >= 0.6 is 35.4 Å². The lowest BCUT2D eigenvalue weighted by Gasteiger charge is -2.09. The van der Waals surface area contributed by atoms with Gasteiger partial charge in [0.25, 0.3) is 0 Å². The highest BCUT2D eigenvalue weighted by molar-refractivity contribution is 7.80. The lowest BCUT2D eigenvalue weighted by atomic mass is 10.2. The first-order valence-electron chi connectivity index (χ1n) is 6.30. The second kappa shape index (κ2) is 7.98. The normalized spacial score (nSPS) is 10.6. The maximum atomic E-state index is 5.99. The van der Waals surface area contributed by atoms with Crippen molar-refractivity contribution < 1.29 is 4.74 Å². The van der Waals surface area contributed by atoms with Gasteiger partial charge in [0.15, 0.2) is 5.11 Å². The van der Waals surface area contributed by atoms with Crippen molar-refractivity contribution >= 4 is 46.7 Å². The van der Waals surface area contributed by atoms with E-state index in [0.29, 0.717) is 28.0 Å². The number of hydrazone groups is 1. The molecule has 0 bridgehead atoms. The van der Waals surface area contributed by atoms with E-state index in [4.69, 9.17) is 33.7 Å². The van der Waals surface area contributed by atoms with E-state index in [1.807, 2.05) is 24.3 Å². The molecule has 0 unspecified atom stereocenters. The molecule has 0 aliphatic heterocycles. The van der Waals surface area contributed by atoms with Crippen LogP contribution in [0.15, 0.2) is 47.6 Å². The number of rotatable bonds is 5. The maximum Gasteiger partial charge on any atom is 0.184 e. The summed E-state index contributed by atoms with van der Waals surface area (Å²) in [4.78, 5) is 0.